The average Bonchev–Trinajstić information content (AvgIpc) is 3.03. The van der Waals surface area contributed by atoms with Crippen molar-refractivity contribution in [2.24, 2.45) is 12.0 Å². The zero-order chi connectivity index (χ0) is 19.7. The van der Waals surface area contributed by atoms with Gasteiger partial charge < -0.3 is 10.6 Å². The number of rotatable bonds is 9. The average molecular weight is 392 g/mol. The molecule has 0 aliphatic rings. The van der Waals surface area contributed by atoms with Crippen molar-refractivity contribution < 1.29 is 8.42 Å². The molecule has 0 saturated heterocycles. The van der Waals surface area contributed by atoms with E-state index in [-0.39, 0.29) is 0 Å². The van der Waals surface area contributed by atoms with Crippen molar-refractivity contribution in [1.82, 2.24) is 20.4 Å². The summed E-state index contributed by atoms with van der Waals surface area (Å²) >= 11 is 0. The second-order valence-corrected chi connectivity index (χ2v) is 8.50. The van der Waals surface area contributed by atoms with E-state index in [0.717, 1.165) is 50.4 Å². The molecule has 0 aliphatic carbocycles. The Bertz CT molecular complexity index is 841. The van der Waals surface area contributed by atoms with Crippen molar-refractivity contribution in [3.8, 4) is 0 Å². The van der Waals surface area contributed by atoms with Crippen molar-refractivity contribution >= 4 is 15.8 Å². The van der Waals surface area contributed by atoms with Gasteiger partial charge in [-0.15, -0.1) is 0 Å². The molecule has 0 fully saturated rings. The number of aliphatic imine (C=N–C) groups is 1. The van der Waals surface area contributed by atoms with E-state index in [1.165, 1.54) is 11.8 Å². The largest absolute Gasteiger partial charge is 0.357 e. The van der Waals surface area contributed by atoms with E-state index in [9.17, 15) is 8.42 Å². The summed E-state index contributed by atoms with van der Waals surface area (Å²) in [6.45, 7) is 4.31. The smallest absolute Gasteiger partial charge is 0.191 e. The van der Waals surface area contributed by atoms with E-state index in [1.807, 2.05) is 43.2 Å². The molecule has 0 atom stereocenters. The molecule has 2 N–H and O–H groups in total. The van der Waals surface area contributed by atoms with Gasteiger partial charge in [-0.05, 0) is 49.4 Å². The Kier molecular flexibility index (Phi) is 7.84. The van der Waals surface area contributed by atoms with Crippen molar-refractivity contribution in [1.29, 1.82) is 0 Å². The molecule has 2 rings (SSSR count). The van der Waals surface area contributed by atoms with Crippen LogP contribution in [0.25, 0.3) is 0 Å². The fourth-order valence-corrected chi connectivity index (χ4v) is 3.28. The van der Waals surface area contributed by atoms with Crippen LogP contribution >= 0.6 is 0 Å². The van der Waals surface area contributed by atoms with E-state index in [0.29, 0.717) is 4.90 Å². The van der Waals surface area contributed by atoms with Crippen LogP contribution in [0, 0.1) is 0 Å². The maximum Gasteiger partial charge on any atom is 0.191 e. The first kappa shape index (κ1) is 21.0. The second-order valence-electron chi connectivity index (χ2n) is 6.48. The molecule has 8 heteroatoms. The molecule has 0 amide bonds. The summed E-state index contributed by atoms with van der Waals surface area (Å²) in [4.78, 5) is 4.95. The highest BCUT2D eigenvalue weighted by Gasteiger charge is 2.06. The monoisotopic (exact) mass is 391 g/mol. The third kappa shape index (κ3) is 7.42. The van der Waals surface area contributed by atoms with Crippen LogP contribution in [0.2, 0.25) is 0 Å². The first-order valence-corrected chi connectivity index (χ1v) is 11.1. The van der Waals surface area contributed by atoms with Crippen LogP contribution in [0.1, 0.15) is 24.5 Å². The maximum absolute atomic E-state index is 11.5. The molecule has 0 bridgehead atoms. The molecule has 27 heavy (non-hydrogen) atoms. The summed E-state index contributed by atoms with van der Waals surface area (Å²) in [5.41, 5.74) is 2.31. The molecule has 2 aromatic rings. The number of sulfone groups is 1. The molecule has 0 spiro atoms. The van der Waals surface area contributed by atoms with E-state index >= 15 is 0 Å². The van der Waals surface area contributed by atoms with Gasteiger partial charge in [0.25, 0.3) is 0 Å². The van der Waals surface area contributed by atoms with Gasteiger partial charge in [0.2, 0.25) is 0 Å². The molecular formula is C19H29N5O2S. The van der Waals surface area contributed by atoms with Gasteiger partial charge in [-0.1, -0.05) is 12.1 Å². The lowest BCUT2D eigenvalue weighted by Crippen LogP contribution is -2.38. The normalized spacial score (nSPS) is 12.2. The number of nitrogens with zero attached hydrogens (tertiary/aromatic N) is 3. The lowest BCUT2D eigenvalue weighted by atomic mass is 10.1. The minimum atomic E-state index is -3.14. The minimum Gasteiger partial charge on any atom is -0.357 e. The third-order valence-corrected chi connectivity index (χ3v) is 5.18. The number of guanidine groups is 1. The molecule has 0 unspecified atom stereocenters. The number of hydrogen-bond donors (Lipinski definition) is 2. The number of nitrogens with one attached hydrogen (secondary N) is 2. The fourth-order valence-electron chi connectivity index (χ4n) is 2.65. The Labute approximate surface area is 161 Å². The molecule has 148 valence electrons. The predicted molar refractivity (Wildman–Crippen MR) is 109 cm³/mol. The number of hydrogen-bond acceptors (Lipinski definition) is 4. The highest BCUT2D eigenvalue weighted by atomic mass is 32.2. The summed E-state index contributed by atoms with van der Waals surface area (Å²) in [5.74, 6) is 0.802. The maximum atomic E-state index is 11.5. The standard InChI is InChI=1S/C19H29N5O2S/c1-4-20-19(21-12-5-6-17-14-23-24(2)15-17)22-13-11-16-7-9-18(10-8-16)27(3,25)26/h7-10,14-15H,4-6,11-13H2,1-3H3,(H2,20,21,22). The predicted octanol–water partition coefficient (Wildman–Crippen LogP) is 1.55. The summed E-state index contributed by atoms with van der Waals surface area (Å²) in [6.07, 6.45) is 7.87. The SMILES string of the molecule is CCNC(=NCCCc1cnn(C)c1)NCCc1ccc(S(C)(=O)=O)cc1. The van der Waals surface area contributed by atoms with Gasteiger partial charge in [-0.3, -0.25) is 9.67 Å². The number of aromatic nitrogens is 2. The fraction of sp³-hybridized carbons (Fsp3) is 0.474. The lowest BCUT2D eigenvalue weighted by Gasteiger charge is -2.11. The lowest BCUT2D eigenvalue weighted by molar-refractivity contribution is 0.602. The molecule has 1 aromatic heterocycles. The molecule has 0 radical (unpaired) electrons. The van der Waals surface area contributed by atoms with Crippen LogP contribution in [-0.4, -0.2) is 50.0 Å². The van der Waals surface area contributed by atoms with E-state index in [1.54, 1.807) is 12.1 Å². The van der Waals surface area contributed by atoms with E-state index in [4.69, 9.17) is 0 Å². The van der Waals surface area contributed by atoms with Crippen LogP contribution in [0.4, 0.5) is 0 Å². The van der Waals surface area contributed by atoms with Crippen LogP contribution < -0.4 is 10.6 Å². The molecule has 1 heterocycles. The van der Waals surface area contributed by atoms with Crippen molar-refractivity contribution in [3.63, 3.8) is 0 Å². The van der Waals surface area contributed by atoms with Gasteiger partial charge in [0, 0.05) is 39.1 Å². The van der Waals surface area contributed by atoms with E-state index < -0.39 is 9.84 Å². The Morgan fingerprint density at radius 1 is 1.15 bits per heavy atom. The Morgan fingerprint density at radius 2 is 1.89 bits per heavy atom. The van der Waals surface area contributed by atoms with Gasteiger partial charge in [0.05, 0.1) is 11.1 Å². The first-order chi connectivity index (χ1) is 12.9. The summed E-state index contributed by atoms with van der Waals surface area (Å²) in [6, 6.07) is 7.02. The molecule has 7 nitrogen and oxygen atoms in total. The van der Waals surface area contributed by atoms with Crippen LogP contribution in [0.5, 0.6) is 0 Å². The molecule has 1 aromatic carbocycles. The highest BCUT2D eigenvalue weighted by Crippen LogP contribution is 2.10. The van der Waals surface area contributed by atoms with Crippen LogP contribution in [-0.2, 0) is 29.7 Å². The van der Waals surface area contributed by atoms with Gasteiger partial charge in [0.1, 0.15) is 0 Å². The van der Waals surface area contributed by atoms with Crippen LogP contribution in [0.3, 0.4) is 0 Å². The van der Waals surface area contributed by atoms with Gasteiger partial charge in [-0.2, -0.15) is 5.10 Å². The van der Waals surface area contributed by atoms with Crippen molar-refractivity contribution in [2.45, 2.75) is 31.1 Å². The topological polar surface area (TPSA) is 88.4 Å². The quantitative estimate of drug-likeness (QED) is 0.385. The minimum absolute atomic E-state index is 0.350. The zero-order valence-electron chi connectivity index (χ0n) is 16.3. The highest BCUT2D eigenvalue weighted by molar-refractivity contribution is 7.90. The van der Waals surface area contributed by atoms with E-state index in [2.05, 4.69) is 20.7 Å². The Balaban J connectivity index is 1.77. The van der Waals surface area contributed by atoms with Crippen LogP contribution in [0.15, 0.2) is 46.5 Å². The first-order valence-electron chi connectivity index (χ1n) is 9.17. The van der Waals surface area contributed by atoms with Gasteiger partial charge in [-0.25, -0.2) is 8.42 Å². The number of benzene rings is 1. The summed E-state index contributed by atoms with van der Waals surface area (Å²) < 4.78 is 24.8. The summed E-state index contributed by atoms with van der Waals surface area (Å²) in [5, 5.41) is 10.7. The Morgan fingerprint density at radius 3 is 2.48 bits per heavy atom. The molecule has 0 aliphatic heterocycles. The second kappa shape index (κ2) is 10.1. The van der Waals surface area contributed by atoms with Crippen molar-refractivity contribution in [2.75, 3.05) is 25.9 Å². The Hall–Kier alpha value is -2.35. The molecular weight excluding hydrogens is 362 g/mol. The van der Waals surface area contributed by atoms with Gasteiger partial charge >= 0.3 is 0 Å². The zero-order valence-corrected chi connectivity index (χ0v) is 17.1. The summed E-state index contributed by atoms with van der Waals surface area (Å²) in [7, 11) is -1.22. The van der Waals surface area contributed by atoms with Crippen molar-refractivity contribution in [3.05, 3.63) is 47.8 Å². The molecule has 0 saturated carbocycles. The van der Waals surface area contributed by atoms with Gasteiger partial charge in [0.15, 0.2) is 15.8 Å². The third-order valence-electron chi connectivity index (χ3n) is 4.05. The number of aryl methyl sites for hydroxylation is 2.